The molecule has 1 aliphatic carbocycles. The van der Waals surface area contributed by atoms with Crippen molar-refractivity contribution in [1.82, 2.24) is 20.4 Å². The smallest absolute Gasteiger partial charge is 0.231 e. The molecule has 2 heterocycles. The van der Waals surface area contributed by atoms with Crippen LogP contribution in [0.5, 0.6) is 0 Å². The molecule has 0 amide bonds. The topological polar surface area (TPSA) is 63.8 Å². The van der Waals surface area contributed by atoms with Crippen LogP contribution in [0.1, 0.15) is 48.9 Å². The van der Waals surface area contributed by atoms with Gasteiger partial charge in [0, 0.05) is 23.0 Å². The molecule has 3 rings (SSSR count). The van der Waals surface area contributed by atoms with Gasteiger partial charge in [0.2, 0.25) is 11.7 Å². The highest BCUT2D eigenvalue weighted by molar-refractivity contribution is 5.55. The van der Waals surface area contributed by atoms with Gasteiger partial charge in [-0.25, -0.2) is 0 Å². The Morgan fingerprint density at radius 3 is 2.52 bits per heavy atom. The third kappa shape index (κ3) is 2.97. The number of rotatable bonds is 3. The van der Waals surface area contributed by atoms with Gasteiger partial charge in [-0.2, -0.15) is 4.98 Å². The summed E-state index contributed by atoms with van der Waals surface area (Å²) in [5.41, 5.74) is 2.93. The molecular weight excluding hydrogens is 264 g/mol. The van der Waals surface area contributed by atoms with E-state index in [0.29, 0.717) is 17.8 Å². The van der Waals surface area contributed by atoms with Crippen LogP contribution in [-0.4, -0.2) is 28.2 Å². The Labute approximate surface area is 125 Å². The third-order valence-electron chi connectivity index (χ3n) is 4.24. The zero-order chi connectivity index (χ0) is 14.8. The van der Waals surface area contributed by atoms with Crippen LogP contribution >= 0.6 is 0 Å². The van der Waals surface area contributed by atoms with E-state index in [-0.39, 0.29) is 0 Å². The van der Waals surface area contributed by atoms with Crippen LogP contribution in [0.3, 0.4) is 0 Å². The fourth-order valence-corrected chi connectivity index (χ4v) is 3.24. The predicted molar refractivity (Wildman–Crippen MR) is 81.1 cm³/mol. The van der Waals surface area contributed by atoms with Gasteiger partial charge in [-0.05, 0) is 45.9 Å². The summed E-state index contributed by atoms with van der Waals surface area (Å²) >= 11 is 0. The molecule has 5 nitrogen and oxygen atoms in total. The molecule has 0 aliphatic heterocycles. The minimum absolute atomic E-state index is 0.328. The zero-order valence-electron chi connectivity index (χ0n) is 12.9. The lowest BCUT2D eigenvalue weighted by atomic mass is 9.84. The van der Waals surface area contributed by atoms with Gasteiger partial charge in [0.15, 0.2) is 0 Å². The molecule has 2 atom stereocenters. The van der Waals surface area contributed by atoms with Crippen molar-refractivity contribution in [1.29, 1.82) is 0 Å². The molecule has 0 bridgehead atoms. The van der Waals surface area contributed by atoms with Gasteiger partial charge in [0.1, 0.15) is 0 Å². The summed E-state index contributed by atoms with van der Waals surface area (Å²) in [4.78, 5) is 9.02. The highest BCUT2D eigenvalue weighted by atomic mass is 16.5. The first-order chi connectivity index (χ1) is 10.2. The maximum Gasteiger partial charge on any atom is 0.231 e. The summed E-state index contributed by atoms with van der Waals surface area (Å²) in [6, 6.07) is 4.43. The van der Waals surface area contributed by atoms with Crippen molar-refractivity contribution in [3.05, 3.63) is 29.4 Å². The molecule has 2 aromatic heterocycles. The van der Waals surface area contributed by atoms with E-state index in [0.717, 1.165) is 29.3 Å². The molecule has 0 radical (unpaired) electrons. The van der Waals surface area contributed by atoms with Gasteiger partial charge in [-0.1, -0.05) is 18.0 Å². The van der Waals surface area contributed by atoms with Crippen molar-refractivity contribution >= 4 is 0 Å². The summed E-state index contributed by atoms with van der Waals surface area (Å²) in [7, 11) is 2.01. The van der Waals surface area contributed by atoms with Crippen LogP contribution in [0, 0.1) is 13.8 Å². The first-order valence-electron chi connectivity index (χ1n) is 7.64. The van der Waals surface area contributed by atoms with Crippen molar-refractivity contribution in [3.8, 4) is 11.4 Å². The molecule has 2 aromatic rings. The van der Waals surface area contributed by atoms with Gasteiger partial charge < -0.3 is 9.84 Å². The largest absolute Gasteiger partial charge is 0.339 e. The SMILES string of the molecule is CNC1CCCCC1c1nc(-c2cc(C)nc(C)c2)no1. The lowest BCUT2D eigenvalue weighted by molar-refractivity contribution is 0.270. The predicted octanol–water partition coefficient (Wildman–Crippen LogP) is 2.99. The summed E-state index contributed by atoms with van der Waals surface area (Å²) in [5, 5.41) is 7.55. The summed E-state index contributed by atoms with van der Waals surface area (Å²) < 4.78 is 5.55. The molecule has 21 heavy (non-hydrogen) atoms. The van der Waals surface area contributed by atoms with E-state index in [1.165, 1.54) is 19.3 Å². The Kier molecular flexibility index (Phi) is 4.01. The molecule has 5 heteroatoms. The standard InChI is InChI=1S/C16H22N4O/c1-10-8-12(9-11(2)18-10)15-19-16(21-20-15)13-6-4-5-7-14(13)17-3/h8-9,13-14,17H,4-7H2,1-3H3. The van der Waals surface area contributed by atoms with Crippen molar-refractivity contribution < 1.29 is 4.52 Å². The van der Waals surface area contributed by atoms with Crippen molar-refractivity contribution in [2.24, 2.45) is 0 Å². The Hall–Kier alpha value is -1.75. The Morgan fingerprint density at radius 2 is 1.81 bits per heavy atom. The second-order valence-corrected chi connectivity index (χ2v) is 5.88. The van der Waals surface area contributed by atoms with E-state index in [4.69, 9.17) is 4.52 Å². The average molecular weight is 286 g/mol. The molecular formula is C16H22N4O. The first kappa shape index (κ1) is 14.2. The first-order valence-corrected chi connectivity index (χ1v) is 7.64. The minimum Gasteiger partial charge on any atom is -0.339 e. The van der Waals surface area contributed by atoms with Gasteiger partial charge in [-0.3, -0.25) is 4.98 Å². The Morgan fingerprint density at radius 1 is 1.10 bits per heavy atom. The number of nitrogens with zero attached hydrogens (tertiary/aromatic N) is 3. The summed E-state index contributed by atoms with van der Waals surface area (Å²) in [6.07, 6.45) is 4.79. The second kappa shape index (κ2) is 5.93. The molecule has 0 spiro atoms. The normalized spacial score (nSPS) is 22.4. The van der Waals surface area contributed by atoms with E-state index in [1.807, 2.05) is 33.0 Å². The van der Waals surface area contributed by atoms with Crippen molar-refractivity contribution in [2.75, 3.05) is 7.05 Å². The van der Waals surface area contributed by atoms with E-state index < -0.39 is 0 Å². The van der Waals surface area contributed by atoms with Crippen LogP contribution in [0.25, 0.3) is 11.4 Å². The number of hydrogen-bond donors (Lipinski definition) is 1. The summed E-state index contributed by atoms with van der Waals surface area (Å²) in [5.74, 6) is 1.75. The van der Waals surface area contributed by atoms with Gasteiger partial charge >= 0.3 is 0 Å². The lowest BCUT2D eigenvalue weighted by Gasteiger charge is -2.28. The van der Waals surface area contributed by atoms with Crippen LogP contribution in [0.4, 0.5) is 0 Å². The van der Waals surface area contributed by atoms with Gasteiger partial charge in [0.05, 0.1) is 5.92 Å². The van der Waals surface area contributed by atoms with Crippen LogP contribution in [0.15, 0.2) is 16.7 Å². The number of aromatic nitrogens is 3. The molecule has 1 N–H and O–H groups in total. The highest BCUT2D eigenvalue weighted by Gasteiger charge is 2.30. The van der Waals surface area contributed by atoms with Crippen LogP contribution < -0.4 is 5.32 Å². The second-order valence-electron chi connectivity index (χ2n) is 5.88. The number of aryl methyl sites for hydroxylation is 2. The average Bonchev–Trinajstić information content (AvgIpc) is 2.96. The number of likely N-dealkylation sites (N-methyl/N-ethyl adjacent to an activating group) is 1. The molecule has 112 valence electrons. The Balaban J connectivity index is 1.88. The molecule has 1 saturated carbocycles. The van der Waals surface area contributed by atoms with E-state index in [9.17, 15) is 0 Å². The molecule has 2 unspecified atom stereocenters. The zero-order valence-corrected chi connectivity index (χ0v) is 12.9. The lowest BCUT2D eigenvalue weighted by Crippen LogP contribution is -2.34. The van der Waals surface area contributed by atoms with Crippen molar-refractivity contribution in [3.63, 3.8) is 0 Å². The van der Waals surface area contributed by atoms with Gasteiger partial charge in [-0.15, -0.1) is 0 Å². The molecule has 0 saturated heterocycles. The van der Waals surface area contributed by atoms with E-state index >= 15 is 0 Å². The van der Waals surface area contributed by atoms with Crippen LogP contribution in [0.2, 0.25) is 0 Å². The van der Waals surface area contributed by atoms with Crippen molar-refractivity contribution in [2.45, 2.75) is 51.5 Å². The fraction of sp³-hybridized carbons (Fsp3) is 0.562. The molecule has 1 fully saturated rings. The quantitative estimate of drug-likeness (QED) is 0.939. The molecule has 0 aromatic carbocycles. The monoisotopic (exact) mass is 286 g/mol. The van der Waals surface area contributed by atoms with E-state index in [1.54, 1.807) is 0 Å². The molecule has 1 aliphatic rings. The highest BCUT2D eigenvalue weighted by Crippen LogP contribution is 2.33. The Bertz CT molecular complexity index is 602. The van der Waals surface area contributed by atoms with Crippen LogP contribution in [-0.2, 0) is 0 Å². The maximum atomic E-state index is 5.55. The minimum atomic E-state index is 0.328. The third-order valence-corrected chi connectivity index (χ3v) is 4.24. The number of hydrogen-bond acceptors (Lipinski definition) is 5. The fourth-order valence-electron chi connectivity index (χ4n) is 3.24. The summed E-state index contributed by atoms with van der Waals surface area (Å²) in [6.45, 7) is 3.96. The number of pyridine rings is 1. The number of nitrogens with one attached hydrogen (secondary N) is 1. The van der Waals surface area contributed by atoms with Gasteiger partial charge in [0.25, 0.3) is 0 Å². The maximum absolute atomic E-state index is 5.55. The van der Waals surface area contributed by atoms with E-state index in [2.05, 4.69) is 20.4 Å².